The van der Waals surface area contributed by atoms with Gasteiger partial charge in [0.05, 0.1) is 13.0 Å². The van der Waals surface area contributed by atoms with Crippen LogP contribution in [0.1, 0.15) is 38.2 Å². The summed E-state index contributed by atoms with van der Waals surface area (Å²) in [7, 11) is 1.64. The Morgan fingerprint density at radius 3 is 2.67 bits per heavy atom. The molecule has 21 heavy (non-hydrogen) atoms. The molecule has 0 spiro atoms. The Kier molecular flexibility index (Phi) is 5.23. The molecule has 0 aliphatic carbocycles. The van der Waals surface area contributed by atoms with Crippen molar-refractivity contribution in [1.82, 2.24) is 4.90 Å². The Morgan fingerprint density at radius 1 is 1.43 bits per heavy atom. The van der Waals surface area contributed by atoms with E-state index in [-0.39, 0.29) is 17.9 Å². The van der Waals surface area contributed by atoms with E-state index in [1.165, 1.54) is 0 Å². The predicted molar refractivity (Wildman–Crippen MR) is 84.4 cm³/mol. The summed E-state index contributed by atoms with van der Waals surface area (Å²) in [6.07, 6.45) is 2.08. The Bertz CT molecular complexity index is 472. The van der Waals surface area contributed by atoms with E-state index in [9.17, 15) is 4.79 Å². The molecule has 2 N–H and O–H groups in total. The van der Waals surface area contributed by atoms with Crippen LogP contribution in [-0.2, 0) is 4.79 Å². The number of ether oxygens (including phenoxy) is 1. The first-order valence-electron chi connectivity index (χ1n) is 7.71. The highest BCUT2D eigenvalue weighted by molar-refractivity contribution is 5.83. The van der Waals surface area contributed by atoms with Crippen LogP contribution in [-0.4, -0.2) is 37.0 Å². The topological polar surface area (TPSA) is 55.6 Å². The lowest BCUT2D eigenvalue weighted by atomic mass is 9.90. The first-order chi connectivity index (χ1) is 10.1. The van der Waals surface area contributed by atoms with Gasteiger partial charge in [0.25, 0.3) is 0 Å². The average Bonchev–Trinajstić information content (AvgIpc) is 2.53. The van der Waals surface area contributed by atoms with Crippen LogP contribution in [0.25, 0.3) is 0 Å². The summed E-state index contributed by atoms with van der Waals surface area (Å²) < 4.78 is 5.16. The maximum absolute atomic E-state index is 12.8. The number of benzene rings is 1. The minimum atomic E-state index is -0.140. The number of methoxy groups -OCH3 is 1. The Morgan fingerprint density at radius 2 is 2.10 bits per heavy atom. The van der Waals surface area contributed by atoms with E-state index in [1.54, 1.807) is 7.11 Å². The molecule has 2 rings (SSSR count). The van der Waals surface area contributed by atoms with Crippen LogP contribution in [0.2, 0.25) is 0 Å². The van der Waals surface area contributed by atoms with Gasteiger partial charge in [-0.25, -0.2) is 0 Å². The minimum Gasteiger partial charge on any atom is -0.497 e. The van der Waals surface area contributed by atoms with Crippen molar-refractivity contribution in [3.8, 4) is 5.75 Å². The largest absolute Gasteiger partial charge is 0.497 e. The lowest BCUT2D eigenvalue weighted by Crippen LogP contribution is -2.50. The fourth-order valence-electron chi connectivity index (χ4n) is 3.05. The van der Waals surface area contributed by atoms with Gasteiger partial charge in [0.1, 0.15) is 5.75 Å². The maximum Gasteiger partial charge on any atom is 0.230 e. The van der Waals surface area contributed by atoms with Crippen molar-refractivity contribution in [2.75, 3.05) is 20.2 Å². The zero-order chi connectivity index (χ0) is 15.4. The molecule has 1 aliphatic heterocycles. The molecule has 1 heterocycles. The molecular formula is C17H26N2O2. The molecule has 1 amide bonds. The third-order valence-corrected chi connectivity index (χ3v) is 4.52. The molecule has 3 unspecified atom stereocenters. The van der Waals surface area contributed by atoms with Crippen molar-refractivity contribution >= 4 is 5.91 Å². The van der Waals surface area contributed by atoms with Gasteiger partial charge in [0.15, 0.2) is 0 Å². The van der Waals surface area contributed by atoms with Crippen LogP contribution >= 0.6 is 0 Å². The summed E-state index contributed by atoms with van der Waals surface area (Å²) in [4.78, 5) is 14.7. The van der Waals surface area contributed by atoms with E-state index >= 15 is 0 Å². The van der Waals surface area contributed by atoms with Gasteiger partial charge in [0, 0.05) is 19.1 Å². The number of hydrogen-bond acceptors (Lipinski definition) is 3. The van der Waals surface area contributed by atoms with Crippen molar-refractivity contribution in [2.45, 2.75) is 38.6 Å². The molecule has 0 saturated carbocycles. The first-order valence-corrected chi connectivity index (χ1v) is 7.71. The van der Waals surface area contributed by atoms with Gasteiger partial charge in [-0.15, -0.1) is 0 Å². The van der Waals surface area contributed by atoms with Crippen molar-refractivity contribution in [1.29, 1.82) is 0 Å². The lowest BCUT2D eigenvalue weighted by Gasteiger charge is -2.39. The number of likely N-dealkylation sites (tertiary alicyclic amines) is 1. The van der Waals surface area contributed by atoms with Crippen molar-refractivity contribution < 1.29 is 9.53 Å². The second kappa shape index (κ2) is 6.94. The summed E-state index contributed by atoms with van der Waals surface area (Å²) in [6, 6.07) is 7.91. The zero-order valence-corrected chi connectivity index (χ0v) is 13.2. The number of carbonyl (C=O) groups is 1. The third-order valence-electron chi connectivity index (χ3n) is 4.52. The fraction of sp³-hybridized carbons (Fsp3) is 0.588. The molecule has 1 saturated heterocycles. The molecule has 0 radical (unpaired) electrons. The Hall–Kier alpha value is -1.55. The monoisotopic (exact) mass is 290 g/mol. The smallest absolute Gasteiger partial charge is 0.230 e. The second-order valence-corrected chi connectivity index (χ2v) is 6.05. The summed E-state index contributed by atoms with van der Waals surface area (Å²) in [5.41, 5.74) is 6.88. The van der Waals surface area contributed by atoms with E-state index < -0.39 is 0 Å². The average molecular weight is 290 g/mol. The molecule has 3 atom stereocenters. The standard InChI is InChI=1S/C17H26N2O2/c1-12-8-9-19(15(10-12)11-18)17(20)13(2)14-4-6-16(21-3)7-5-14/h4-7,12-13,15H,8-11,18H2,1-3H3. The van der Waals surface area contributed by atoms with Gasteiger partial charge in [0.2, 0.25) is 5.91 Å². The Balaban J connectivity index is 2.10. The van der Waals surface area contributed by atoms with Crippen LogP contribution in [0.15, 0.2) is 24.3 Å². The number of rotatable bonds is 4. The molecule has 1 aromatic carbocycles. The summed E-state index contributed by atoms with van der Waals surface area (Å²) >= 11 is 0. The number of nitrogens with zero attached hydrogens (tertiary/aromatic N) is 1. The van der Waals surface area contributed by atoms with E-state index in [0.717, 1.165) is 30.7 Å². The lowest BCUT2D eigenvalue weighted by molar-refractivity contribution is -0.136. The molecule has 0 aromatic heterocycles. The van der Waals surface area contributed by atoms with E-state index in [0.29, 0.717) is 12.5 Å². The number of carbonyl (C=O) groups excluding carboxylic acids is 1. The number of amides is 1. The van der Waals surface area contributed by atoms with Gasteiger partial charge < -0.3 is 15.4 Å². The van der Waals surface area contributed by atoms with E-state index in [1.807, 2.05) is 36.1 Å². The highest BCUT2D eigenvalue weighted by atomic mass is 16.5. The normalized spacial score (nSPS) is 23.7. The number of nitrogens with two attached hydrogens (primary N) is 1. The second-order valence-electron chi connectivity index (χ2n) is 6.05. The SMILES string of the molecule is COc1ccc(C(C)C(=O)N2CCC(C)CC2CN)cc1. The van der Waals surface area contributed by atoms with E-state index in [4.69, 9.17) is 10.5 Å². The highest BCUT2D eigenvalue weighted by Gasteiger charge is 2.31. The molecular weight excluding hydrogens is 264 g/mol. The van der Waals surface area contributed by atoms with Gasteiger partial charge >= 0.3 is 0 Å². The summed E-state index contributed by atoms with van der Waals surface area (Å²) in [5, 5.41) is 0. The first kappa shape index (κ1) is 15.8. The van der Waals surface area contributed by atoms with Crippen LogP contribution in [0.5, 0.6) is 5.75 Å². The number of piperidine rings is 1. The molecule has 0 bridgehead atoms. The molecule has 4 nitrogen and oxygen atoms in total. The van der Waals surface area contributed by atoms with Gasteiger partial charge in [-0.2, -0.15) is 0 Å². The molecule has 1 fully saturated rings. The van der Waals surface area contributed by atoms with Crippen LogP contribution < -0.4 is 10.5 Å². The Labute approximate surface area is 127 Å². The predicted octanol–water partition coefficient (Wildman–Crippen LogP) is 2.38. The van der Waals surface area contributed by atoms with Crippen molar-refractivity contribution in [3.05, 3.63) is 29.8 Å². The summed E-state index contributed by atoms with van der Waals surface area (Å²) in [6.45, 7) is 5.57. The van der Waals surface area contributed by atoms with E-state index in [2.05, 4.69) is 6.92 Å². The maximum atomic E-state index is 12.8. The van der Waals surface area contributed by atoms with Crippen LogP contribution in [0.3, 0.4) is 0 Å². The van der Waals surface area contributed by atoms with Crippen LogP contribution in [0.4, 0.5) is 0 Å². The van der Waals surface area contributed by atoms with Gasteiger partial charge in [-0.05, 0) is 43.4 Å². The molecule has 1 aromatic rings. The van der Waals surface area contributed by atoms with Crippen molar-refractivity contribution in [2.24, 2.45) is 11.7 Å². The zero-order valence-electron chi connectivity index (χ0n) is 13.2. The third kappa shape index (κ3) is 3.56. The molecule has 1 aliphatic rings. The van der Waals surface area contributed by atoms with Crippen molar-refractivity contribution in [3.63, 3.8) is 0 Å². The quantitative estimate of drug-likeness (QED) is 0.926. The molecule has 116 valence electrons. The minimum absolute atomic E-state index is 0.140. The number of hydrogen-bond donors (Lipinski definition) is 1. The summed E-state index contributed by atoms with van der Waals surface area (Å²) in [5.74, 6) is 1.50. The van der Waals surface area contributed by atoms with Crippen LogP contribution in [0, 0.1) is 5.92 Å². The van der Waals surface area contributed by atoms with Gasteiger partial charge in [-0.1, -0.05) is 19.1 Å². The molecule has 4 heteroatoms. The fourth-order valence-corrected chi connectivity index (χ4v) is 3.05. The highest BCUT2D eigenvalue weighted by Crippen LogP contribution is 2.27. The van der Waals surface area contributed by atoms with Gasteiger partial charge in [-0.3, -0.25) is 4.79 Å².